The van der Waals surface area contributed by atoms with Gasteiger partial charge in [-0.3, -0.25) is 14.6 Å². The maximum atomic E-state index is 11.7. The molecule has 2 aliphatic rings. The minimum Gasteiger partial charge on any atom is -0.447 e. The summed E-state index contributed by atoms with van der Waals surface area (Å²) in [5, 5.41) is 3.20. The van der Waals surface area contributed by atoms with E-state index in [2.05, 4.69) is 51.0 Å². The van der Waals surface area contributed by atoms with E-state index in [1.165, 1.54) is 16.5 Å². The predicted octanol–water partition coefficient (Wildman–Crippen LogP) is 1.88. The largest absolute Gasteiger partial charge is 0.447 e. The summed E-state index contributed by atoms with van der Waals surface area (Å²) < 4.78 is 4.96. The van der Waals surface area contributed by atoms with Gasteiger partial charge in [0, 0.05) is 45.5 Å². The number of anilines is 2. The molecule has 0 spiro atoms. The Balaban J connectivity index is 1.27. The highest BCUT2D eigenvalue weighted by atomic mass is 16.6. The van der Waals surface area contributed by atoms with E-state index in [9.17, 15) is 9.59 Å². The first-order valence-corrected chi connectivity index (χ1v) is 10.3. The Morgan fingerprint density at radius 3 is 2.52 bits per heavy atom. The van der Waals surface area contributed by atoms with Crippen molar-refractivity contribution in [3.05, 3.63) is 60.3 Å². The summed E-state index contributed by atoms with van der Waals surface area (Å²) in [5.74, 6) is 1.00. The van der Waals surface area contributed by atoms with Crippen molar-refractivity contribution in [2.24, 2.45) is 0 Å². The lowest BCUT2D eigenvalue weighted by molar-refractivity contribution is -0.127. The van der Waals surface area contributed by atoms with Crippen LogP contribution in [0.1, 0.15) is 11.1 Å². The molecule has 0 saturated carbocycles. The van der Waals surface area contributed by atoms with Crippen LogP contribution in [0.3, 0.4) is 0 Å². The SMILES string of the molecule is C=CC(=O)N1CCN(Cc2ccc(CNc3nccc(N4CCOC4=O)n3)cc2)CC1. The summed E-state index contributed by atoms with van der Waals surface area (Å²) in [7, 11) is 0. The first-order valence-electron chi connectivity index (χ1n) is 10.3. The highest BCUT2D eigenvalue weighted by Crippen LogP contribution is 2.17. The monoisotopic (exact) mass is 422 g/mol. The van der Waals surface area contributed by atoms with Crippen LogP contribution in [0.2, 0.25) is 0 Å². The number of carbonyl (C=O) groups is 2. The quantitative estimate of drug-likeness (QED) is 0.681. The average Bonchev–Trinajstić information content (AvgIpc) is 3.24. The molecule has 0 aliphatic carbocycles. The number of nitrogens with one attached hydrogen (secondary N) is 1. The van der Waals surface area contributed by atoms with Crippen LogP contribution >= 0.6 is 0 Å². The van der Waals surface area contributed by atoms with Gasteiger partial charge in [-0.25, -0.2) is 9.78 Å². The average molecular weight is 422 g/mol. The molecule has 3 heterocycles. The van der Waals surface area contributed by atoms with Crippen molar-refractivity contribution in [2.45, 2.75) is 13.1 Å². The normalized spacial score (nSPS) is 16.8. The molecular weight excluding hydrogens is 396 g/mol. The van der Waals surface area contributed by atoms with Gasteiger partial charge < -0.3 is 15.0 Å². The molecule has 162 valence electrons. The lowest BCUT2D eigenvalue weighted by Crippen LogP contribution is -2.47. The van der Waals surface area contributed by atoms with Crippen molar-refractivity contribution < 1.29 is 14.3 Å². The third-order valence-corrected chi connectivity index (χ3v) is 5.42. The predicted molar refractivity (Wildman–Crippen MR) is 117 cm³/mol. The van der Waals surface area contributed by atoms with Crippen molar-refractivity contribution in [3.63, 3.8) is 0 Å². The Kier molecular flexibility index (Phi) is 6.42. The lowest BCUT2D eigenvalue weighted by Gasteiger charge is -2.34. The summed E-state index contributed by atoms with van der Waals surface area (Å²) in [6.45, 7) is 9.06. The third-order valence-electron chi connectivity index (χ3n) is 5.42. The lowest BCUT2D eigenvalue weighted by atomic mass is 10.1. The van der Waals surface area contributed by atoms with Crippen LogP contribution in [0.15, 0.2) is 49.2 Å². The van der Waals surface area contributed by atoms with Crippen molar-refractivity contribution in [2.75, 3.05) is 49.5 Å². The van der Waals surface area contributed by atoms with E-state index >= 15 is 0 Å². The van der Waals surface area contributed by atoms with E-state index in [0.29, 0.717) is 31.5 Å². The van der Waals surface area contributed by atoms with Gasteiger partial charge in [0.1, 0.15) is 12.4 Å². The van der Waals surface area contributed by atoms with E-state index in [-0.39, 0.29) is 12.0 Å². The molecule has 0 radical (unpaired) electrons. The van der Waals surface area contributed by atoms with Crippen molar-refractivity contribution in [1.82, 2.24) is 19.8 Å². The van der Waals surface area contributed by atoms with Gasteiger partial charge in [0.25, 0.3) is 0 Å². The highest BCUT2D eigenvalue weighted by Gasteiger charge is 2.25. The van der Waals surface area contributed by atoms with Crippen LogP contribution in [-0.2, 0) is 22.6 Å². The minimum absolute atomic E-state index is 0.00591. The third kappa shape index (κ3) is 5.18. The number of hydrogen-bond acceptors (Lipinski definition) is 7. The molecule has 1 aromatic heterocycles. The molecule has 2 fully saturated rings. The number of rotatable bonds is 7. The van der Waals surface area contributed by atoms with E-state index < -0.39 is 0 Å². The molecule has 9 heteroatoms. The molecule has 4 rings (SSSR count). The van der Waals surface area contributed by atoms with Crippen molar-refractivity contribution >= 4 is 23.8 Å². The van der Waals surface area contributed by atoms with Gasteiger partial charge in [-0.2, -0.15) is 4.98 Å². The molecular formula is C22H26N6O3. The Hall–Kier alpha value is -3.46. The second kappa shape index (κ2) is 9.57. The fourth-order valence-electron chi connectivity index (χ4n) is 3.64. The zero-order valence-corrected chi connectivity index (χ0v) is 17.4. The van der Waals surface area contributed by atoms with E-state index in [1.807, 2.05) is 4.90 Å². The van der Waals surface area contributed by atoms with Crippen LogP contribution in [0.4, 0.5) is 16.6 Å². The van der Waals surface area contributed by atoms with Crippen LogP contribution in [0.5, 0.6) is 0 Å². The van der Waals surface area contributed by atoms with Gasteiger partial charge >= 0.3 is 6.09 Å². The molecule has 9 nitrogen and oxygen atoms in total. The molecule has 0 unspecified atom stereocenters. The maximum absolute atomic E-state index is 11.7. The van der Waals surface area contributed by atoms with E-state index in [0.717, 1.165) is 38.3 Å². The van der Waals surface area contributed by atoms with Crippen LogP contribution < -0.4 is 10.2 Å². The number of cyclic esters (lactones) is 1. The van der Waals surface area contributed by atoms with Crippen molar-refractivity contribution in [3.8, 4) is 0 Å². The summed E-state index contributed by atoms with van der Waals surface area (Å²) >= 11 is 0. The molecule has 31 heavy (non-hydrogen) atoms. The van der Waals surface area contributed by atoms with Crippen LogP contribution in [-0.4, -0.2) is 71.1 Å². The first kappa shape index (κ1) is 20.8. The fourth-order valence-corrected chi connectivity index (χ4v) is 3.64. The standard InChI is InChI=1S/C22H26N6O3/c1-2-20(29)27-11-9-26(10-12-27)16-18-5-3-17(4-6-18)15-24-21-23-8-7-19(25-21)28-13-14-31-22(28)30/h2-8H,1,9-16H2,(H,23,24,25). The molecule has 1 aromatic carbocycles. The van der Waals surface area contributed by atoms with E-state index in [1.54, 1.807) is 12.3 Å². The topological polar surface area (TPSA) is 90.9 Å². The minimum atomic E-state index is -0.381. The zero-order valence-electron chi connectivity index (χ0n) is 17.4. The summed E-state index contributed by atoms with van der Waals surface area (Å²) in [6.07, 6.45) is 2.63. The molecule has 2 aliphatic heterocycles. The molecule has 2 amide bonds. The van der Waals surface area contributed by atoms with Gasteiger partial charge in [0.15, 0.2) is 0 Å². The Labute approximate surface area is 181 Å². The second-order valence-electron chi connectivity index (χ2n) is 7.48. The van der Waals surface area contributed by atoms with Gasteiger partial charge in [-0.05, 0) is 23.3 Å². The molecule has 2 aromatic rings. The van der Waals surface area contributed by atoms with Crippen molar-refractivity contribution in [1.29, 1.82) is 0 Å². The number of piperazine rings is 1. The Bertz CT molecular complexity index is 941. The smallest absolute Gasteiger partial charge is 0.415 e. The van der Waals surface area contributed by atoms with E-state index in [4.69, 9.17) is 4.74 Å². The molecule has 0 atom stereocenters. The molecule has 0 bridgehead atoms. The molecule has 1 N–H and O–H groups in total. The number of nitrogens with zero attached hydrogens (tertiary/aromatic N) is 5. The molecule has 2 saturated heterocycles. The zero-order chi connectivity index (χ0) is 21.6. The number of hydrogen-bond donors (Lipinski definition) is 1. The van der Waals surface area contributed by atoms with Gasteiger partial charge in [0.05, 0.1) is 6.54 Å². The van der Waals surface area contributed by atoms with Crippen LogP contribution in [0.25, 0.3) is 0 Å². The van der Waals surface area contributed by atoms with Gasteiger partial charge in [0.2, 0.25) is 11.9 Å². The number of amides is 2. The highest BCUT2D eigenvalue weighted by molar-refractivity contribution is 5.88. The second-order valence-corrected chi connectivity index (χ2v) is 7.48. The number of aromatic nitrogens is 2. The number of ether oxygens (including phenoxy) is 1. The number of benzene rings is 1. The van der Waals surface area contributed by atoms with Gasteiger partial charge in [-0.1, -0.05) is 30.8 Å². The maximum Gasteiger partial charge on any atom is 0.415 e. The van der Waals surface area contributed by atoms with Gasteiger partial charge in [-0.15, -0.1) is 0 Å². The number of carbonyl (C=O) groups excluding carboxylic acids is 2. The summed E-state index contributed by atoms with van der Waals surface area (Å²) in [4.78, 5) is 37.7. The first-order chi connectivity index (χ1) is 15.1. The Morgan fingerprint density at radius 1 is 1.10 bits per heavy atom. The Morgan fingerprint density at radius 2 is 1.84 bits per heavy atom. The van der Waals surface area contributed by atoms with Crippen LogP contribution in [0, 0.1) is 0 Å². The summed E-state index contributed by atoms with van der Waals surface area (Å²) in [5.41, 5.74) is 2.35. The fraction of sp³-hybridized carbons (Fsp3) is 0.364. The summed E-state index contributed by atoms with van der Waals surface area (Å²) in [6, 6.07) is 10.1.